The number of pyridine rings is 1. The van der Waals surface area contributed by atoms with Gasteiger partial charge >= 0.3 is 12.2 Å². The summed E-state index contributed by atoms with van der Waals surface area (Å²) in [6.07, 6.45) is 0.619. The topological polar surface area (TPSA) is 48.5 Å². The van der Waals surface area contributed by atoms with Gasteiger partial charge in [-0.2, -0.15) is 13.2 Å². The van der Waals surface area contributed by atoms with E-state index in [1.807, 2.05) is 17.4 Å². The second-order valence-electron chi connectivity index (χ2n) is 5.75. The molecule has 0 spiro atoms. The van der Waals surface area contributed by atoms with Gasteiger partial charge in [0.15, 0.2) is 0 Å². The van der Waals surface area contributed by atoms with Crippen molar-refractivity contribution in [3.63, 3.8) is 0 Å². The molecule has 1 aliphatic rings. The number of hydrogen-bond acceptors (Lipinski definition) is 3. The van der Waals surface area contributed by atoms with Gasteiger partial charge in [-0.25, -0.2) is 4.79 Å². The average Bonchev–Trinajstić information content (AvgIpc) is 2.53. The minimum absolute atomic E-state index is 0.0306. The van der Waals surface area contributed by atoms with Gasteiger partial charge < -0.3 is 10.2 Å². The van der Waals surface area contributed by atoms with Gasteiger partial charge in [-0.15, -0.1) is 0 Å². The predicted octanol–water partition coefficient (Wildman–Crippen LogP) is 2.25. The lowest BCUT2D eigenvalue weighted by atomic mass is 10.0. The van der Waals surface area contributed by atoms with Crippen LogP contribution in [0.25, 0.3) is 0 Å². The number of aromatic nitrogens is 1. The first-order valence-corrected chi connectivity index (χ1v) is 7.54. The highest BCUT2D eigenvalue weighted by Crippen LogP contribution is 2.18. The molecule has 0 aliphatic carbocycles. The van der Waals surface area contributed by atoms with E-state index in [9.17, 15) is 18.0 Å². The molecule has 5 nitrogen and oxygen atoms in total. The molecule has 8 heteroatoms. The van der Waals surface area contributed by atoms with Crippen LogP contribution in [0.3, 0.4) is 0 Å². The first-order valence-electron chi connectivity index (χ1n) is 7.54. The van der Waals surface area contributed by atoms with Crippen LogP contribution in [0.2, 0.25) is 0 Å². The number of rotatable bonds is 4. The highest BCUT2D eigenvalue weighted by atomic mass is 19.4. The summed E-state index contributed by atoms with van der Waals surface area (Å²) in [5.74, 6) is 0. The highest BCUT2D eigenvalue weighted by molar-refractivity contribution is 5.74. The predicted molar refractivity (Wildman–Crippen MR) is 79.8 cm³/mol. The summed E-state index contributed by atoms with van der Waals surface area (Å²) in [6, 6.07) is 3.22. The van der Waals surface area contributed by atoms with Crippen molar-refractivity contribution in [1.82, 2.24) is 20.1 Å². The Morgan fingerprint density at radius 2 is 1.96 bits per heavy atom. The molecule has 0 radical (unpaired) electrons. The van der Waals surface area contributed by atoms with Gasteiger partial charge in [0.25, 0.3) is 0 Å². The zero-order valence-electron chi connectivity index (χ0n) is 13.0. The number of carbonyl (C=O) groups is 1. The summed E-state index contributed by atoms with van der Waals surface area (Å²) in [5, 5.41) is 1.91. The lowest BCUT2D eigenvalue weighted by Gasteiger charge is -2.36. The van der Waals surface area contributed by atoms with Crippen LogP contribution in [0.1, 0.15) is 18.4 Å². The van der Waals surface area contributed by atoms with Crippen LogP contribution in [-0.4, -0.2) is 59.7 Å². The molecule has 1 aromatic rings. The Kier molecular flexibility index (Phi) is 5.81. The molecule has 2 amide bonds. The third-order valence-electron chi connectivity index (χ3n) is 4.02. The fourth-order valence-corrected chi connectivity index (χ4v) is 2.68. The third kappa shape index (κ3) is 5.70. The normalized spacial score (nSPS) is 17.0. The van der Waals surface area contributed by atoms with E-state index >= 15 is 0 Å². The van der Waals surface area contributed by atoms with Crippen molar-refractivity contribution < 1.29 is 18.0 Å². The zero-order valence-corrected chi connectivity index (χ0v) is 13.0. The van der Waals surface area contributed by atoms with E-state index in [-0.39, 0.29) is 6.04 Å². The van der Waals surface area contributed by atoms with Crippen molar-refractivity contribution in [2.24, 2.45) is 0 Å². The lowest BCUT2D eigenvalue weighted by Crippen LogP contribution is -2.50. The fourth-order valence-electron chi connectivity index (χ4n) is 2.68. The SMILES string of the molecule is CN(C(=O)NCC(F)(F)F)C1CCN(Cc2ccncc2)CC1. The van der Waals surface area contributed by atoms with Crippen molar-refractivity contribution in [1.29, 1.82) is 0 Å². The van der Waals surface area contributed by atoms with Crippen LogP contribution in [0.5, 0.6) is 0 Å². The molecule has 1 fully saturated rings. The second kappa shape index (κ2) is 7.63. The number of alkyl halides is 3. The van der Waals surface area contributed by atoms with E-state index in [0.29, 0.717) is 0 Å². The molecule has 0 unspecified atom stereocenters. The number of nitrogens with zero attached hydrogens (tertiary/aromatic N) is 3. The number of halogens is 3. The molecule has 1 aromatic heterocycles. The molecule has 2 rings (SSSR count). The molecule has 23 heavy (non-hydrogen) atoms. The van der Waals surface area contributed by atoms with E-state index in [0.717, 1.165) is 32.5 Å². The summed E-state index contributed by atoms with van der Waals surface area (Å²) in [7, 11) is 1.55. The monoisotopic (exact) mass is 330 g/mol. The molecule has 2 heterocycles. The summed E-state index contributed by atoms with van der Waals surface area (Å²) in [6.45, 7) is 1.14. The average molecular weight is 330 g/mol. The summed E-state index contributed by atoms with van der Waals surface area (Å²) >= 11 is 0. The van der Waals surface area contributed by atoms with Gasteiger partial charge in [0.05, 0.1) is 0 Å². The first-order chi connectivity index (χ1) is 10.8. The van der Waals surface area contributed by atoms with E-state index in [1.54, 1.807) is 19.4 Å². The molecule has 1 N–H and O–H groups in total. The number of urea groups is 1. The van der Waals surface area contributed by atoms with E-state index < -0.39 is 18.8 Å². The zero-order chi connectivity index (χ0) is 16.9. The number of carbonyl (C=O) groups excluding carboxylic acids is 1. The van der Waals surface area contributed by atoms with E-state index in [1.165, 1.54) is 10.5 Å². The lowest BCUT2D eigenvalue weighted by molar-refractivity contribution is -0.123. The van der Waals surface area contributed by atoms with Gasteiger partial charge in [0.1, 0.15) is 6.54 Å². The van der Waals surface area contributed by atoms with Crippen molar-refractivity contribution in [2.75, 3.05) is 26.7 Å². The van der Waals surface area contributed by atoms with Crippen molar-refractivity contribution in [3.8, 4) is 0 Å². The fraction of sp³-hybridized carbons (Fsp3) is 0.600. The maximum absolute atomic E-state index is 12.1. The van der Waals surface area contributed by atoms with Crippen LogP contribution in [0.4, 0.5) is 18.0 Å². The minimum atomic E-state index is -4.38. The van der Waals surface area contributed by atoms with Crippen LogP contribution < -0.4 is 5.32 Å². The Bertz CT molecular complexity index is 501. The Hall–Kier alpha value is -1.83. The van der Waals surface area contributed by atoms with Gasteiger partial charge in [0, 0.05) is 45.1 Å². The Morgan fingerprint density at radius 3 is 2.52 bits per heavy atom. The molecule has 0 aromatic carbocycles. The largest absolute Gasteiger partial charge is 0.405 e. The molecule has 1 aliphatic heterocycles. The minimum Gasteiger partial charge on any atom is -0.329 e. The summed E-state index contributed by atoms with van der Waals surface area (Å²) in [5.41, 5.74) is 1.18. The van der Waals surface area contributed by atoms with Gasteiger partial charge in [-0.05, 0) is 30.5 Å². The Morgan fingerprint density at radius 1 is 1.35 bits per heavy atom. The Labute approximate surface area is 133 Å². The summed E-state index contributed by atoms with van der Waals surface area (Å²) < 4.78 is 36.4. The highest BCUT2D eigenvalue weighted by Gasteiger charge is 2.30. The van der Waals surface area contributed by atoms with Gasteiger partial charge in [-0.3, -0.25) is 9.88 Å². The van der Waals surface area contributed by atoms with E-state index in [4.69, 9.17) is 0 Å². The van der Waals surface area contributed by atoms with E-state index in [2.05, 4.69) is 9.88 Å². The van der Waals surface area contributed by atoms with Crippen molar-refractivity contribution >= 4 is 6.03 Å². The van der Waals surface area contributed by atoms with Gasteiger partial charge in [-0.1, -0.05) is 0 Å². The molecule has 1 saturated heterocycles. The van der Waals surface area contributed by atoms with Crippen LogP contribution in [0.15, 0.2) is 24.5 Å². The Balaban J connectivity index is 1.76. The van der Waals surface area contributed by atoms with Crippen molar-refractivity contribution in [3.05, 3.63) is 30.1 Å². The van der Waals surface area contributed by atoms with Crippen LogP contribution >= 0.6 is 0 Å². The summed E-state index contributed by atoms with van der Waals surface area (Å²) in [4.78, 5) is 19.4. The molecule has 0 saturated carbocycles. The van der Waals surface area contributed by atoms with Gasteiger partial charge in [0.2, 0.25) is 0 Å². The van der Waals surface area contributed by atoms with Crippen LogP contribution in [0, 0.1) is 0 Å². The smallest absolute Gasteiger partial charge is 0.329 e. The molecule has 128 valence electrons. The first kappa shape index (κ1) is 17.5. The van der Waals surface area contributed by atoms with Crippen molar-refractivity contribution in [2.45, 2.75) is 31.6 Å². The maximum Gasteiger partial charge on any atom is 0.405 e. The molecule has 0 atom stereocenters. The number of hydrogen-bond donors (Lipinski definition) is 1. The standard InChI is InChI=1S/C15H21F3N4O/c1-21(14(23)20-11-15(16,17)18)13-4-8-22(9-5-13)10-12-2-6-19-7-3-12/h2-3,6-7,13H,4-5,8-11H2,1H3,(H,20,23). The second-order valence-corrected chi connectivity index (χ2v) is 5.75. The number of likely N-dealkylation sites (tertiary alicyclic amines) is 1. The third-order valence-corrected chi connectivity index (χ3v) is 4.02. The van der Waals surface area contributed by atoms with Crippen LogP contribution in [-0.2, 0) is 6.54 Å². The number of nitrogens with one attached hydrogen (secondary N) is 1. The number of amides is 2. The maximum atomic E-state index is 12.1. The molecular formula is C15H21F3N4O. The number of piperidine rings is 1. The molecule has 0 bridgehead atoms. The quantitative estimate of drug-likeness (QED) is 0.921. The molecular weight excluding hydrogens is 309 g/mol.